The fourth-order valence-electron chi connectivity index (χ4n) is 3.29. The van der Waals surface area contributed by atoms with Gasteiger partial charge in [-0.2, -0.15) is 0 Å². The summed E-state index contributed by atoms with van der Waals surface area (Å²) in [5.41, 5.74) is 2.59. The number of rotatable bonds is 6. The van der Waals surface area contributed by atoms with Gasteiger partial charge in [0.2, 0.25) is 0 Å². The van der Waals surface area contributed by atoms with Crippen molar-refractivity contribution in [3.63, 3.8) is 0 Å². The molecule has 4 nitrogen and oxygen atoms in total. The summed E-state index contributed by atoms with van der Waals surface area (Å²) in [5.74, 6) is 0.889. The van der Waals surface area contributed by atoms with Gasteiger partial charge in [0, 0.05) is 38.8 Å². The molecule has 0 unspecified atom stereocenters. The summed E-state index contributed by atoms with van der Waals surface area (Å²) < 4.78 is 5.21. The van der Waals surface area contributed by atoms with E-state index in [0.29, 0.717) is 0 Å². The van der Waals surface area contributed by atoms with Crippen LogP contribution in [0.1, 0.15) is 11.1 Å². The lowest BCUT2D eigenvalue weighted by molar-refractivity contribution is 0.0316. The lowest BCUT2D eigenvalue weighted by Gasteiger charge is -2.40. The summed E-state index contributed by atoms with van der Waals surface area (Å²) in [7, 11) is 1.69. The molecule has 0 aromatic heterocycles. The van der Waals surface area contributed by atoms with Gasteiger partial charge in [-0.05, 0) is 23.3 Å². The third kappa shape index (κ3) is 4.35. The number of nitrogens with zero attached hydrogens (tertiary/aromatic N) is 2. The smallest absolute Gasteiger partial charge is 0.118 e. The average molecular weight is 326 g/mol. The van der Waals surface area contributed by atoms with Crippen LogP contribution >= 0.6 is 0 Å². The van der Waals surface area contributed by atoms with Crippen LogP contribution in [0.4, 0.5) is 0 Å². The molecule has 128 valence electrons. The second-order valence-electron chi connectivity index (χ2n) is 6.38. The minimum atomic E-state index is 0.192. The Morgan fingerprint density at radius 2 is 1.67 bits per heavy atom. The van der Waals surface area contributed by atoms with Crippen molar-refractivity contribution >= 4 is 0 Å². The van der Waals surface area contributed by atoms with Crippen molar-refractivity contribution in [2.24, 2.45) is 0 Å². The van der Waals surface area contributed by atoms with Crippen LogP contribution in [0.15, 0.2) is 54.6 Å². The second kappa shape index (κ2) is 8.29. The van der Waals surface area contributed by atoms with E-state index in [1.165, 1.54) is 11.1 Å². The summed E-state index contributed by atoms with van der Waals surface area (Å²) in [6, 6.07) is 18.9. The first-order chi connectivity index (χ1) is 11.8. The zero-order valence-corrected chi connectivity index (χ0v) is 14.3. The van der Waals surface area contributed by atoms with Gasteiger partial charge in [-0.3, -0.25) is 9.80 Å². The van der Waals surface area contributed by atoms with Crippen molar-refractivity contribution in [1.29, 1.82) is 0 Å². The standard InChI is InChI=1S/C20H26N2O2/c1-24-20-9-7-18(8-10-20)13-21-11-12-22(19(15-21)16-23)14-17-5-3-2-4-6-17/h2-10,19,23H,11-16H2,1H3/t19-/m1/s1. The highest BCUT2D eigenvalue weighted by Gasteiger charge is 2.26. The first-order valence-corrected chi connectivity index (χ1v) is 8.52. The topological polar surface area (TPSA) is 35.9 Å². The Balaban J connectivity index is 1.57. The maximum atomic E-state index is 9.81. The van der Waals surface area contributed by atoms with Crippen LogP contribution in [0.5, 0.6) is 5.75 Å². The molecule has 0 spiro atoms. The van der Waals surface area contributed by atoms with Crippen molar-refractivity contribution in [3.05, 3.63) is 65.7 Å². The lowest BCUT2D eigenvalue weighted by atomic mass is 10.1. The number of hydrogen-bond donors (Lipinski definition) is 1. The number of methoxy groups -OCH3 is 1. The minimum absolute atomic E-state index is 0.192. The molecule has 4 heteroatoms. The molecule has 0 aliphatic carbocycles. The van der Waals surface area contributed by atoms with E-state index in [0.717, 1.165) is 38.5 Å². The number of aliphatic hydroxyl groups is 1. The first kappa shape index (κ1) is 17.0. The maximum Gasteiger partial charge on any atom is 0.118 e. The largest absolute Gasteiger partial charge is 0.497 e. The molecule has 1 saturated heterocycles. The number of hydrogen-bond acceptors (Lipinski definition) is 4. The molecule has 3 rings (SSSR count). The van der Waals surface area contributed by atoms with Crippen molar-refractivity contribution in [1.82, 2.24) is 9.80 Å². The molecule has 1 atom stereocenters. The summed E-state index contributed by atoms with van der Waals surface area (Å²) in [4.78, 5) is 4.81. The van der Waals surface area contributed by atoms with Crippen LogP contribution in [0, 0.1) is 0 Å². The van der Waals surface area contributed by atoms with Gasteiger partial charge in [-0.25, -0.2) is 0 Å². The SMILES string of the molecule is COc1ccc(CN2CCN(Cc3ccccc3)[C@@H](CO)C2)cc1. The molecular formula is C20H26N2O2. The van der Waals surface area contributed by atoms with E-state index in [4.69, 9.17) is 4.74 Å². The van der Waals surface area contributed by atoms with Crippen LogP contribution < -0.4 is 4.74 Å². The van der Waals surface area contributed by atoms with Gasteiger partial charge in [-0.1, -0.05) is 42.5 Å². The summed E-state index contributed by atoms with van der Waals surface area (Å²) >= 11 is 0. The van der Waals surface area contributed by atoms with E-state index in [1.54, 1.807) is 7.11 Å². The Hall–Kier alpha value is -1.88. The molecule has 1 fully saturated rings. The number of piperazine rings is 1. The zero-order valence-electron chi connectivity index (χ0n) is 14.3. The van der Waals surface area contributed by atoms with E-state index in [-0.39, 0.29) is 12.6 Å². The molecule has 0 radical (unpaired) electrons. The molecule has 1 aliphatic heterocycles. The first-order valence-electron chi connectivity index (χ1n) is 8.52. The molecule has 0 amide bonds. The maximum absolute atomic E-state index is 9.81. The lowest BCUT2D eigenvalue weighted by Crippen LogP contribution is -2.53. The minimum Gasteiger partial charge on any atom is -0.497 e. The highest BCUT2D eigenvalue weighted by molar-refractivity contribution is 5.27. The predicted octanol–water partition coefficient (Wildman–Crippen LogP) is 2.37. The molecular weight excluding hydrogens is 300 g/mol. The van der Waals surface area contributed by atoms with Crippen LogP contribution in [-0.4, -0.2) is 54.3 Å². The van der Waals surface area contributed by atoms with Gasteiger partial charge >= 0.3 is 0 Å². The summed E-state index contributed by atoms with van der Waals surface area (Å²) in [5, 5.41) is 9.81. The molecule has 0 bridgehead atoms. The fraction of sp³-hybridized carbons (Fsp3) is 0.400. The zero-order chi connectivity index (χ0) is 16.8. The fourth-order valence-corrected chi connectivity index (χ4v) is 3.29. The monoisotopic (exact) mass is 326 g/mol. The van der Waals surface area contributed by atoms with E-state index < -0.39 is 0 Å². The molecule has 0 saturated carbocycles. The normalized spacial score (nSPS) is 19.3. The molecule has 24 heavy (non-hydrogen) atoms. The third-order valence-electron chi connectivity index (χ3n) is 4.69. The number of ether oxygens (including phenoxy) is 1. The Morgan fingerprint density at radius 1 is 0.958 bits per heavy atom. The van der Waals surface area contributed by atoms with E-state index in [2.05, 4.69) is 46.2 Å². The molecule has 2 aromatic rings. The Bertz CT molecular complexity index is 615. The van der Waals surface area contributed by atoms with Crippen LogP contribution in [0.25, 0.3) is 0 Å². The second-order valence-corrected chi connectivity index (χ2v) is 6.38. The Kier molecular flexibility index (Phi) is 5.86. The quantitative estimate of drug-likeness (QED) is 0.884. The Labute approximate surface area is 144 Å². The molecule has 2 aromatic carbocycles. The van der Waals surface area contributed by atoms with Gasteiger partial charge < -0.3 is 9.84 Å². The molecule has 1 aliphatic rings. The highest BCUT2D eigenvalue weighted by Crippen LogP contribution is 2.18. The van der Waals surface area contributed by atoms with Gasteiger partial charge in [0.25, 0.3) is 0 Å². The number of aliphatic hydroxyl groups excluding tert-OH is 1. The van der Waals surface area contributed by atoms with Crippen LogP contribution in [-0.2, 0) is 13.1 Å². The summed E-state index contributed by atoms with van der Waals surface area (Å²) in [6.45, 7) is 4.93. The van der Waals surface area contributed by atoms with Crippen molar-refractivity contribution in [2.45, 2.75) is 19.1 Å². The molecule has 1 heterocycles. The highest BCUT2D eigenvalue weighted by atomic mass is 16.5. The van der Waals surface area contributed by atoms with Gasteiger partial charge in [0.05, 0.1) is 13.7 Å². The van der Waals surface area contributed by atoms with Crippen molar-refractivity contribution in [2.75, 3.05) is 33.4 Å². The van der Waals surface area contributed by atoms with Crippen molar-refractivity contribution in [3.8, 4) is 5.75 Å². The predicted molar refractivity (Wildman–Crippen MR) is 96.0 cm³/mol. The van der Waals surface area contributed by atoms with Gasteiger partial charge in [0.15, 0.2) is 0 Å². The van der Waals surface area contributed by atoms with E-state index >= 15 is 0 Å². The van der Waals surface area contributed by atoms with Crippen molar-refractivity contribution < 1.29 is 9.84 Å². The molecule has 1 N–H and O–H groups in total. The van der Waals surface area contributed by atoms with Gasteiger partial charge in [0.1, 0.15) is 5.75 Å². The Morgan fingerprint density at radius 3 is 2.33 bits per heavy atom. The van der Waals surface area contributed by atoms with Crippen LogP contribution in [0.3, 0.4) is 0 Å². The van der Waals surface area contributed by atoms with Gasteiger partial charge in [-0.15, -0.1) is 0 Å². The van der Waals surface area contributed by atoms with Crippen LogP contribution in [0.2, 0.25) is 0 Å². The average Bonchev–Trinajstić information content (AvgIpc) is 2.64. The third-order valence-corrected chi connectivity index (χ3v) is 4.69. The number of benzene rings is 2. The summed E-state index contributed by atoms with van der Waals surface area (Å²) in [6.07, 6.45) is 0. The van der Waals surface area contributed by atoms with E-state index in [9.17, 15) is 5.11 Å². The van der Waals surface area contributed by atoms with E-state index in [1.807, 2.05) is 18.2 Å².